The summed E-state index contributed by atoms with van der Waals surface area (Å²) in [5.41, 5.74) is 0.690. The predicted octanol–water partition coefficient (Wildman–Crippen LogP) is 2.83. The molecule has 2 atom stereocenters. The lowest BCUT2D eigenvalue weighted by Gasteiger charge is -2.53. The highest BCUT2D eigenvalue weighted by atomic mass is 32.1. The fraction of sp³-hybridized carbons (Fsp3) is 0.533. The number of methoxy groups -OCH3 is 1. The van der Waals surface area contributed by atoms with E-state index in [0.29, 0.717) is 0 Å². The zero-order valence-electron chi connectivity index (χ0n) is 12.3. The Bertz CT molecular complexity index is 561. The number of nitrogens with zero attached hydrogens (tertiary/aromatic N) is 1. The van der Waals surface area contributed by atoms with Gasteiger partial charge in [-0.05, 0) is 39.1 Å². The van der Waals surface area contributed by atoms with E-state index >= 15 is 0 Å². The van der Waals surface area contributed by atoms with Gasteiger partial charge in [-0.15, -0.1) is 0 Å². The molecule has 20 heavy (non-hydrogen) atoms. The van der Waals surface area contributed by atoms with Crippen LogP contribution in [0.1, 0.15) is 38.8 Å². The van der Waals surface area contributed by atoms with Gasteiger partial charge in [-0.3, -0.25) is 0 Å². The van der Waals surface area contributed by atoms with Crippen molar-refractivity contribution in [3.63, 3.8) is 0 Å². The van der Waals surface area contributed by atoms with E-state index in [2.05, 4.69) is 37.1 Å². The summed E-state index contributed by atoms with van der Waals surface area (Å²) in [7, 11) is 1.67. The molecule has 108 valence electrons. The van der Waals surface area contributed by atoms with Crippen molar-refractivity contribution in [1.29, 1.82) is 0 Å². The lowest BCUT2D eigenvalue weighted by Crippen LogP contribution is -2.66. The summed E-state index contributed by atoms with van der Waals surface area (Å²) < 4.78 is 11.8. The summed E-state index contributed by atoms with van der Waals surface area (Å²) in [6.45, 7) is 6.35. The topological polar surface area (TPSA) is 33.7 Å². The van der Waals surface area contributed by atoms with Crippen molar-refractivity contribution < 1.29 is 9.47 Å². The fourth-order valence-electron chi connectivity index (χ4n) is 3.32. The molecule has 0 aliphatic carbocycles. The Balaban J connectivity index is 2.11. The van der Waals surface area contributed by atoms with Crippen LogP contribution in [-0.4, -0.2) is 28.9 Å². The van der Waals surface area contributed by atoms with E-state index in [4.69, 9.17) is 21.7 Å². The zero-order valence-corrected chi connectivity index (χ0v) is 13.1. The Labute approximate surface area is 125 Å². The van der Waals surface area contributed by atoms with E-state index in [1.54, 1.807) is 7.11 Å². The number of ether oxygens (including phenoxy) is 2. The zero-order chi connectivity index (χ0) is 14.5. The average molecular weight is 292 g/mol. The Morgan fingerprint density at radius 3 is 2.90 bits per heavy atom. The number of thiocarbonyl (C=S) groups is 1. The van der Waals surface area contributed by atoms with Crippen LogP contribution in [-0.2, 0) is 0 Å². The second-order valence-electron chi connectivity index (χ2n) is 5.83. The van der Waals surface area contributed by atoms with Gasteiger partial charge in [-0.25, -0.2) is 0 Å². The Morgan fingerprint density at radius 1 is 1.50 bits per heavy atom. The number of nitrogens with one attached hydrogen (secondary N) is 1. The number of hydrogen-bond donors (Lipinski definition) is 1. The molecule has 0 amide bonds. The van der Waals surface area contributed by atoms with Crippen LogP contribution in [0.4, 0.5) is 0 Å². The summed E-state index contributed by atoms with van der Waals surface area (Å²) in [4.78, 5) is 2.13. The first-order chi connectivity index (χ1) is 9.46. The van der Waals surface area contributed by atoms with E-state index in [-0.39, 0.29) is 12.1 Å². The maximum atomic E-state index is 6.33. The normalized spacial score (nSPS) is 27.8. The van der Waals surface area contributed by atoms with Crippen LogP contribution >= 0.6 is 12.2 Å². The van der Waals surface area contributed by atoms with Gasteiger partial charge in [0.1, 0.15) is 0 Å². The molecule has 0 aromatic heterocycles. The summed E-state index contributed by atoms with van der Waals surface area (Å²) >= 11 is 5.52. The molecule has 1 aromatic carbocycles. The molecule has 2 aliphatic heterocycles. The highest BCUT2D eigenvalue weighted by molar-refractivity contribution is 7.80. The molecular formula is C15H20N2O2S. The Morgan fingerprint density at radius 2 is 2.25 bits per heavy atom. The van der Waals surface area contributed by atoms with Gasteiger partial charge in [0, 0.05) is 18.0 Å². The molecule has 4 nitrogen and oxygen atoms in total. The van der Waals surface area contributed by atoms with Gasteiger partial charge in [-0.2, -0.15) is 0 Å². The van der Waals surface area contributed by atoms with E-state index < -0.39 is 5.72 Å². The molecule has 5 heteroatoms. The van der Waals surface area contributed by atoms with Crippen molar-refractivity contribution in [3.05, 3.63) is 23.8 Å². The van der Waals surface area contributed by atoms with Crippen molar-refractivity contribution in [2.45, 2.75) is 45.0 Å². The van der Waals surface area contributed by atoms with Gasteiger partial charge in [0.2, 0.25) is 0 Å². The van der Waals surface area contributed by atoms with Crippen LogP contribution in [0.25, 0.3) is 0 Å². The number of hydrogen-bond acceptors (Lipinski definition) is 3. The molecule has 2 unspecified atom stereocenters. The second-order valence-corrected chi connectivity index (χ2v) is 6.21. The molecule has 1 N–H and O–H groups in total. The Kier molecular flexibility index (Phi) is 3.05. The third-order valence-electron chi connectivity index (χ3n) is 4.05. The number of fused-ring (bicyclic) bond motifs is 4. The van der Waals surface area contributed by atoms with Crippen molar-refractivity contribution in [3.8, 4) is 11.5 Å². The third kappa shape index (κ3) is 1.84. The van der Waals surface area contributed by atoms with Crippen LogP contribution in [0.15, 0.2) is 18.2 Å². The van der Waals surface area contributed by atoms with Crippen LogP contribution in [0, 0.1) is 0 Å². The predicted molar refractivity (Wildman–Crippen MR) is 82.1 cm³/mol. The largest absolute Gasteiger partial charge is 0.493 e. The van der Waals surface area contributed by atoms with Gasteiger partial charge >= 0.3 is 0 Å². The van der Waals surface area contributed by atoms with Gasteiger partial charge in [0.05, 0.1) is 13.2 Å². The lowest BCUT2D eigenvalue weighted by molar-refractivity contribution is -0.0821. The van der Waals surface area contributed by atoms with Crippen molar-refractivity contribution >= 4 is 17.3 Å². The van der Waals surface area contributed by atoms with Crippen molar-refractivity contribution in [2.24, 2.45) is 0 Å². The molecule has 1 aromatic rings. The first-order valence-corrected chi connectivity index (χ1v) is 7.33. The molecule has 2 bridgehead atoms. The van der Waals surface area contributed by atoms with Crippen LogP contribution in [0.2, 0.25) is 0 Å². The summed E-state index contributed by atoms with van der Waals surface area (Å²) in [5, 5.41) is 4.19. The quantitative estimate of drug-likeness (QED) is 0.848. The number of para-hydroxylation sites is 1. The summed E-state index contributed by atoms with van der Waals surface area (Å²) in [6, 6.07) is 6.45. The van der Waals surface area contributed by atoms with Crippen LogP contribution in [0.3, 0.4) is 0 Å². The van der Waals surface area contributed by atoms with Crippen LogP contribution < -0.4 is 14.8 Å². The van der Waals surface area contributed by atoms with E-state index in [0.717, 1.165) is 28.6 Å². The molecule has 1 saturated heterocycles. The standard InChI is InChI=1S/C15H20N2O2S/c1-9(2)17-14(20)16-11-8-15(17,3)19-13-10(11)6-5-7-12(13)18-4/h5-7,9,11H,8H2,1-4H3,(H,16,20). The van der Waals surface area contributed by atoms with Crippen LogP contribution in [0.5, 0.6) is 11.5 Å². The van der Waals surface area contributed by atoms with Gasteiger partial charge in [0.25, 0.3) is 0 Å². The fourth-order valence-corrected chi connectivity index (χ4v) is 3.86. The molecule has 2 heterocycles. The third-order valence-corrected chi connectivity index (χ3v) is 4.37. The second kappa shape index (κ2) is 4.52. The minimum atomic E-state index is -0.428. The Hall–Kier alpha value is -1.49. The minimum absolute atomic E-state index is 0.182. The summed E-state index contributed by atoms with van der Waals surface area (Å²) in [6.07, 6.45) is 0.867. The molecule has 0 saturated carbocycles. The SMILES string of the molecule is COc1cccc2c1OC1(C)CC2NC(=S)N1C(C)C. The van der Waals surface area contributed by atoms with Crippen molar-refractivity contribution in [1.82, 2.24) is 10.2 Å². The number of benzene rings is 1. The molecule has 1 fully saturated rings. The molecule has 0 radical (unpaired) electrons. The highest BCUT2D eigenvalue weighted by Crippen LogP contribution is 2.48. The lowest BCUT2D eigenvalue weighted by atomic mass is 9.89. The van der Waals surface area contributed by atoms with E-state index in [1.165, 1.54) is 0 Å². The highest BCUT2D eigenvalue weighted by Gasteiger charge is 2.49. The molecular weight excluding hydrogens is 272 g/mol. The minimum Gasteiger partial charge on any atom is -0.493 e. The van der Waals surface area contributed by atoms with E-state index in [9.17, 15) is 0 Å². The summed E-state index contributed by atoms with van der Waals surface area (Å²) in [5.74, 6) is 1.60. The molecule has 0 spiro atoms. The molecule has 2 aliphatic rings. The monoisotopic (exact) mass is 292 g/mol. The first kappa shape index (κ1) is 13.5. The maximum absolute atomic E-state index is 6.33. The van der Waals surface area contributed by atoms with Gasteiger partial charge in [0.15, 0.2) is 22.3 Å². The van der Waals surface area contributed by atoms with Crippen molar-refractivity contribution in [2.75, 3.05) is 7.11 Å². The maximum Gasteiger partial charge on any atom is 0.184 e. The van der Waals surface area contributed by atoms with Gasteiger partial charge in [-0.1, -0.05) is 12.1 Å². The smallest absolute Gasteiger partial charge is 0.184 e. The average Bonchev–Trinajstić information content (AvgIpc) is 2.36. The molecule has 3 rings (SSSR count). The van der Waals surface area contributed by atoms with E-state index in [1.807, 2.05) is 12.1 Å². The first-order valence-electron chi connectivity index (χ1n) is 6.92. The number of rotatable bonds is 2. The van der Waals surface area contributed by atoms with Gasteiger partial charge < -0.3 is 19.7 Å².